The average molecular weight is 288 g/mol. The summed E-state index contributed by atoms with van der Waals surface area (Å²) in [5.41, 5.74) is 1.45. The number of para-hydroxylation sites is 1. The number of amides is 1. The summed E-state index contributed by atoms with van der Waals surface area (Å²) in [5.74, 6) is 0.561. The van der Waals surface area contributed by atoms with Crippen molar-refractivity contribution in [3.63, 3.8) is 0 Å². The zero-order valence-corrected chi connectivity index (χ0v) is 12.2. The molecule has 0 unspecified atom stereocenters. The Labute approximate surface area is 123 Å². The lowest BCUT2D eigenvalue weighted by Gasteiger charge is -2.23. The Morgan fingerprint density at radius 3 is 3.05 bits per heavy atom. The van der Waals surface area contributed by atoms with E-state index in [1.807, 2.05) is 36.1 Å². The number of likely N-dealkylation sites (N-methyl/N-ethyl adjacent to an activating group) is 1. The number of hydrogen-bond donors (Lipinski definition) is 0. The second-order valence-electron chi connectivity index (χ2n) is 5.46. The third kappa shape index (κ3) is 3.08. The van der Waals surface area contributed by atoms with Gasteiger partial charge in [0.25, 0.3) is 0 Å². The van der Waals surface area contributed by atoms with E-state index in [-0.39, 0.29) is 5.91 Å². The van der Waals surface area contributed by atoms with Crippen LogP contribution in [0, 0.1) is 5.92 Å². The van der Waals surface area contributed by atoms with Crippen LogP contribution in [0.15, 0.2) is 28.8 Å². The Hall–Kier alpha value is -1.88. The van der Waals surface area contributed by atoms with Crippen molar-refractivity contribution in [2.75, 3.05) is 26.3 Å². The van der Waals surface area contributed by atoms with Crippen LogP contribution in [0.1, 0.15) is 19.0 Å². The molecule has 5 nitrogen and oxygen atoms in total. The fourth-order valence-electron chi connectivity index (χ4n) is 2.77. The monoisotopic (exact) mass is 288 g/mol. The average Bonchev–Trinajstić information content (AvgIpc) is 3.15. The van der Waals surface area contributed by atoms with Crippen LogP contribution in [0.5, 0.6) is 0 Å². The minimum absolute atomic E-state index is 0.100. The van der Waals surface area contributed by atoms with E-state index in [0.717, 1.165) is 42.8 Å². The molecule has 1 atom stereocenters. The highest BCUT2D eigenvalue weighted by molar-refractivity contribution is 5.86. The minimum Gasteiger partial charge on any atom is -0.381 e. The predicted molar refractivity (Wildman–Crippen MR) is 78.9 cm³/mol. The van der Waals surface area contributed by atoms with E-state index in [4.69, 9.17) is 9.26 Å². The molecule has 0 spiro atoms. The Kier molecular flexibility index (Phi) is 4.20. The summed E-state index contributed by atoms with van der Waals surface area (Å²) in [6.07, 6.45) is 1.33. The maximum atomic E-state index is 12.5. The third-order valence-corrected chi connectivity index (χ3v) is 4.01. The summed E-state index contributed by atoms with van der Waals surface area (Å²) in [5, 5.41) is 4.96. The van der Waals surface area contributed by atoms with Crippen LogP contribution in [-0.2, 0) is 16.0 Å². The highest BCUT2D eigenvalue weighted by Crippen LogP contribution is 2.19. The molecule has 1 aliphatic rings. The zero-order chi connectivity index (χ0) is 14.7. The van der Waals surface area contributed by atoms with Crippen molar-refractivity contribution >= 4 is 16.9 Å². The van der Waals surface area contributed by atoms with Gasteiger partial charge in [0.2, 0.25) is 5.91 Å². The Morgan fingerprint density at radius 2 is 2.29 bits per heavy atom. The molecule has 2 heterocycles. The van der Waals surface area contributed by atoms with Crippen LogP contribution in [-0.4, -0.2) is 42.3 Å². The first-order valence-electron chi connectivity index (χ1n) is 7.46. The molecule has 1 saturated heterocycles. The standard InChI is InChI=1S/C16H20N2O3/c1-2-18(10-12-7-8-20-11-12)16(19)9-14-13-5-3-4-6-15(13)21-17-14/h3-6,12H,2,7-11H2,1H3/t12-/m1/s1. The first-order valence-corrected chi connectivity index (χ1v) is 7.46. The molecule has 1 aliphatic heterocycles. The largest absolute Gasteiger partial charge is 0.381 e. The molecule has 0 N–H and O–H groups in total. The first-order chi connectivity index (χ1) is 10.3. The van der Waals surface area contributed by atoms with Gasteiger partial charge < -0.3 is 14.2 Å². The molecule has 1 aromatic carbocycles. The molecule has 1 amide bonds. The van der Waals surface area contributed by atoms with E-state index in [1.54, 1.807) is 0 Å². The Balaban J connectivity index is 1.69. The van der Waals surface area contributed by atoms with E-state index in [9.17, 15) is 4.79 Å². The van der Waals surface area contributed by atoms with Crippen molar-refractivity contribution in [3.8, 4) is 0 Å². The topological polar surface area (TPSA) is 55.6 Å². The van der Waals surface area contributed by atoms with Gasteiger partial charge >= 0.3 is 0 Å². The van der Waals surface area contributed by atoms with Crippen molar-refractivity contribution in [1.82, 2.24) is 10.1 Å². The van der Waals surface area contributed by atoms with E-state index in [0.29, 0.717) is 18.9 Å². The number of ether oxygens (including phenoxy) is 1. The highest BCUT2D eigenvalue weighted by Gasteiger charge is 2.22. The second-order valence-corrected chi connectivity index (χ2v) is 5.46. The number of carbonyl (C=O) groups is 1. The smallest absolute Gasteiger partial charge is 0.228 e. The number of carbonyl (C=O) groups excluding carboxylic acids is 1. The van der Waals surface area contributed by atoms with Gasteiger partial charge in [-0.15, -0.1) is 0 Å². The number of aromatic nitrogens is 1. The van der Waals surface area contributed by atoms with Gasteiger partial charge in [0.05, 0.1) is 13.0 Å². The summed E-state index contributed by atoms with van der Waals surface area (Å²) in [6, 6.07) is 7.64. The van der Waals surface area contributed by atoms with Gasteiger partial charge in [-0.3, -0.25) is 4.79 Å². The van der Waals surface area contributed by atoms with Crippen molar-refractivity contribution in [2.45, 2.75) is 19.8 Å². The summed E-state index contributed by atoms with van der Waals surface area (Å²) in [4.78, 5) is 14.4. The van der Waals surface area contributed by atoms with Gasteiger partial charge in [-0.1, -0.05) is 17.3 Å². The van der Waals surface area contributed by atoms with Crippen LogP contribution in [0.4, 0.5) is 0 Å². The fourth-order valence-corrected chi connectivity index (χ4v) is 2.77. The fraction of sp³-hybridized carbons (Fsp3) is 0.500. The molecule has 0 radical (unpaired) electrons. The molecule has 0 saturated carbocycles. The summed E-state index contributed by atoms with van der Waals surface area (Å²) < 4.78 is 10.6. The van der Waals surface area contributed by atoms with Gasteiger partial charge in [-0.2, -0.15) is 0 Å². The molecule has 21 heavy (non-hydrogen) atoms. The normalized spacial score (nSPS) is 18.2. The van der Waals surface area contributed by atoms with Gasteiger partial charge in [0.15, 0.2) is 5.58 Å². The number of nitrogens with zero attached hydrogens (tertiary/aromatic N) is 2. The summed E-state index contributed by atoms with van der Waals surface area (Å²) >= 11 is 0. The van der Waals surface area contributed by atoms with Crippen LogP contribution in [0.3, 0.4) is 0 Å². The number of hydrogen-bond acceptors (Lipinski definition) is 4. The lowest BCUT2D eigenvalue weighted by Crippen LogP contribution is -2.36. The maximum Gasteiger partial charge on any atom is 0.228 e. The number of benzene rings is 1. The van der Waals surface area contributed by atoms with E-state index < -0.39 is 0 Å². The maximum absolute atomic E-state index is 12.5. The molecule has 2 aromatic rings. The summed E-state index contributed by atoms with van der Waals surface area (Å²) in [6.45, 7) is 5.06. The molecule has 1 fully saturated rings. The van der Waals surface area contributed by atoms with Gasteiger partial charge in [-0.25, -0.2) is 0 Å². The molecular weight excluding hydrogens is 268 g/mol. The van der Waals surface area contributed by atoms with E-state index in [2.05, 4.69) is 5.16 Å². The Morgan fingerprint density at radius 1 is 1.43 bits per heavy atom. The minimum atomic E-state index is 0.100. The SMILES string of the molecule is CCN(C[C@H]1CCOC1)C(=O)Cc1noc2ccccc12. The summed E-state index contributed by atoms with van der Waals surface area (Å²) in [7, 11) is 0. The van der Waals surface area contributed by atoms with Crippen LogP contribution < -0.4 is 0 Å². The third-order valence-electron chi connectivity index (χ3n) is 4.01. The predicted octanol–water partition coefficient (Wildman–Crippen LogP) is 2.26. The first kappa shape index (κ1) is 14.1. The van der Waals surface area contributed by atoms with Gasteiger partial charge in [0, 0.05) is 31.0 Å². The van der Waals surface area contributed by atoms with Gasteiger partial charge in [-0.05, 0) is 25.5 Å². The van der Waals surface area contributed by atoms with Crippen LogP contribution in [0.25, 0.3) is 11.0 Å². The molecule has 112 valence electrons. The molecular formula is C16H20N2O3. The Bertz CT molecular complexity index is 617. The van der Waals surface area contributed by atoms with Crippen LogP contribution in [0.2, 0.25) is 0 Å². The number of fused-ring (bicyclic) bond motifs is 1. The quantitative estimate of drug-likeness (QED) is 0.847. The van der Waals surface area contributed by atoms with Crippen molar-refractivity contribution < 1.29 is 14.1 Å². The van der Waals surface area contributed by atoms with Crippen molar-refractivity contribution in [1.29, 1.82) is 0 Å². The number of rotatable bonds is 5. The van der Waals surface area contributed by atoms with E-state index in [1.165, 1.54) is 0 Å². The molecule has 5 heteroatoms. The molecule has 3 rings (SSSR count). The van der Waals surface area contributed by atoms with E-state index >= 15 is 0 Å². The second kappa shape index (κ2) is 6.26. The molecule has 0 bridgehead atoms. The molecule has 1 aromatic heterocycles. The van der Waals surface area contributed by atoms with Crippen LogP contribution >= 0.6 is 0 Å². The van der Waals surface area contributed by atoms with Gasteiger partial charge in [0.1, 0.15) is 5.69 Å². The lowest BCUT2D eigenvalue weighted by atomic mass is 10.1. The lowest BCUT2D eigenvalue weighted by molar-refractivity contribution is -0.131. The highest BCUT2D eigenvalue weighted by atomic mass is 16.5. The zero-order valence-electron chi connectivity index (χ0n) is 12.2. The molecule has 0 aliphatic carbocycles. The van der Waals surface area contributed by atoms with Crippen molar-refractivity contribution in [2.24, 2.45) is 5.92 Å². The van der Waals surface area contributed by atoms with Crippen molar-refractivity contribution in [3.05, 3.63) is 30.0 Å².